The van der Waals surface area contributed by atoms with Crippen LogP contribution in [0.4, 0.5) is 9.18 Å². The van der Waals surface area contributed by atoms with Gasteiger partial charge in [0.15, 0.2) is 4.93 Å². The Hall–Kier alpha value is -1.60. The van der Waals surface area contributed by atoms with E-state index in [0.29, 0.717) is 11.3 Å². The van der Waals surface area contributed by atoms with Gasteiger partial charge in [0, 0.05) is 11.3 Å². The van der Waals surface area contributed by atoms with Gasteiger partial charge in [-0.05, 0) is 47.6 Å². The molecule has 2 N–H and O–H groups in total. The molecule has 0 saturated carbocycles. The van der Waals surface area contributed by atoms with Gasteiger partial charge in [0.05, 0.1) is 5.54 Å². The SMILES string of the molecule is Cc1ccc(F)c(C2(C)CSC(C)(O)C(NC(=O)OC(C)(C)C)=N2)c1. The molecule has 0 fully saturated rings. The molecule has 0 aliphatic carbocycles. The number of amides is 1. The van der Waals surface area contributed by atoms with Crippen LogP contribution in [0.15, 0.2) is 23.2 Å². The number of carbonyl (C=O) groups is 1. The van der Waals surface area contributed by atoms with Crippen LogP contribution in [0.5, 0.6) is 0 Å². The van der Waals surface area contributed by atoms with Gasteiger partial charge >= 0.3 is 6.09 Å². The average molecular weight is 368 g/mol. The topological polar surface area (TPSA) is 70.9 Å². The summed E-state index contributed by atoms with van der Waals surface area (Å²) >= 11 is 1.19. The van der Waals surface area contributed by atoms with Crippen molar-refractivity contribution in [2.24, 2.45) is 4.99 Å². The van der Waals surface area contributed by atoms with Crippen molar-refractivity contribution in [2.45, 2.75) is 57.6 Å². The summed E-state index contributed by atoms with van der Waals surface area (Å²) in [7, 11) is 0. The molecule has 1 aliphatic heterocycles. The Morgan fingerprint density at radius 3 is 2.64 bits per heavy atom. The van der Waals surface area contributed by atoms with Crippen molar-refractivity contribution in [3.8, 4) is 0 Å². The second kappa shape index (κ2) is 6.61. The summed E-state index contributed by atoms with van der Waals surface area (Å²) in [6.07, 6.45) is -0.707. The average Bonchev–Trinajstić information content (AvgIpc) is 2.44. The lowest BCUT2D eigenvalue weighted by molar-refractivity contribution is 0.0553. The lowest BCUT2D eigenvalue weighted by atomic mass is 9.92. The Morgan fingerprint density at radius 2 is 2.04 bits per heavy atom. The summed E-state index contributed by atoms with van der Waals surface area (Å²) in [6, 6.07) is 4.84. The number of thioether (sulfide) groups is 1. The number of ether oxygens (including phenoxy) is 1. The fourth-order valence-corrected chi connectivity index (χ4v) is 3.48. The minimum atomic E-state index is -1.39. The fraction of sp³-hybridized carbons (Fsp3) is 0.556. The summed E-state index contributed by atoms with van der Waals surface area (Å²) < 4.78 is 19.6. The lowest BCUT2D eigenvalue weighted by Crippen LogP contribution is -2.51. The van der Waals surface area contributed by atoms with E-state index < -0.39 is 22.2 Å². The number of aryl methyl sites for hydroxylation is 1. The Morgan fingerprint density at radius 1 is 1.40 bits per heavy atom. The molecule has 7 heteroatoms. The molecule has 0 radical (unpaired) electrons. The number of hydrogen-bond acceptors (Lipinski definition) is 5. The molecule has 138 valence electrons. The number of amidine groups is 1. The number of nitrogens with zero attached hydrogens (tertiary/aromatic N) is 1. The molecule has 1 aromatic rings. The largest absolute Gasteiger partial charge is 0.444 e. The fourth-order valence-electron chi connectivity index (χ4n) is 2.47. The quantitative estimate of drug-likeness (QED) is 0.792. The molecule has 1 aliphatic rings. The first-order valence-corrected chi connectivity index (χ1v) is 9.04. The monoisotopic (exact) mass is 368 g/mol. The molecule has 2 unspecified atom stereocenters. The van der Waals surface area contributed by atoms with Gasteiger partial charge in [0.25, 0.3) is 0 Å². The van der Waals surface area contributed by atoms with Crippen LogP contribution in [0.25, 0.3) is 0 Å². The van der Waals surface area contributed by atoms with Gasteiger partial charge < -0.3 is 9.84 Å². The minimum absolute atomic E-state index is 0.0569. The number of alkyl carbamates (subject to hydrolysis) is 1. The van der Waals surface area contributed by atoms with Crippen molar-refractivity contribution < 1.29 is 19.0 Å². The normalized spacial score (nSPS) is 26.8. The Kier molecular flexibility index (Phi) is 5.21. The van der Waals surface area contributed by atoms with Crippen LogP contribution in [-0.2, 0) is 10.3 Å². The van der Waals surface area contributed by atoms with E-state index in [1.54, 1.807) is 46.8 Å². The number of rotatable bonds is 1. The zero-order chi connectivity index (χ0) is 19.0. The van der Waals surface area contributed by atoms with Gasteiger partial charge in [-0.2, -0.15) is 0 Å². The van der Waals surface area contributed by atoms with Crippen LogP contribution in [0.1, 0.15) is 45.7 Å². The molecule has 0 saturated heterocycles. The highest BCUT2D eigenvalue weighted by Crippen LogP contribution is 2.41. The first-order valence-electron chi connectivity index (χ1n) is 8.06. The van der Waals surface area contributed by atoms with Crippen LogP contribution in [0, 0.1) is 12.7 Å². The van der Waals surface area contributed by atoms with Crippen molar-refractivity contribution in [3.63, 3.8) is 0 Å². The van der Waals surface area contributed by atoms with Crippen LogP contribution >= 0.6 is 11.8 Å². The number of nitrogens with one attached hydrogen (secondary N) is 1. The summed E-state index contributed by atoms with van der Waals surface area (Å²) in [6.45, 7) is 10.4. The standard InChI is InChI=1S/C18H25FN2O3S/c1-11-7-8-13(19)12(9-11)17(5)10-25-18(6,23)14(21-17)20-15(22)24-16(2,3)4/h7-9,23H,10H2,1-6H3,(H,20,21,22). The zero-order valence-corrected chi connectivity index (χ0v) is 16.3. The third-order valence-electron chi connectivity index (χ3n) is 3.75. The Labute approximate surface area is 152 Å². The molecule has 2 atom stereocenters. The molecule has 1 aromatic carbocycles. The van der Waals surface area contributed by atoms with Gasteiger partial charge in [0.2, 0.25) is 0 Å². The molecule has 1 amide bonds. The van der Waals surface area contributed by atoms with Gasteiger partial charge in [-0.15, -0.1) is 11.8 Å². The second-order valence-electron chi connectivity index (χ2n) is 7.62. The number of halogens is 1. The summed E-state index contributed by atoms with van der Waals surface area (Å²) in [5.41, 5.74) is -0.242. The second-order valence-corrected chi connectivity index (χ2v) is 8.99. The zero-order valence-electron chi connectivity index (χ0n) is 15.4. The van der Waals surface area contributed by atoms with Gasteiger partial charge in [-0.1, -0.05) is 17.7 Å². The Bertz CT molecular complexity index is 713. The third kappa shape index (κ3) is 4.73. The van der Waals surface area contributed by atoms with Crippen molar-refractivity contribution in [1.82, 2.24) is 5.32 Å². The highest BCUT2D eigenvalue weighted by atomic mass is 32.2. The van der Waals surface area contributed by atoms with E-state index in [1.165, 1.54) is 17.8 Å². The summed E-state index contributed by atoms with van der Waals surface area (Å²) in [5.74, 6) is 0.0666. The van der Waals surface area contributed by atoms with Crippen molar-refractivity contribution in [1.29, 1.82) is 0 Å². The smallest absolute Gasteiger partial charge is 0.413 e. The summed E-state index contributed by atoms with van der Waals surface area (Å²) in [5, 5.41) is 13.1. The van der Waals surface area contributed by atoms with Crippen molar-refractivity contribution in [3.05, 3.63) is 35.1 Å². The van der Waals surface area contributed by atoms with Gasteiger partial charge in [-0.3, -0.25) is 10.3 Å². The molecule has 25 heavy (non-hydrogen) atoms. The molecular weight excluding hydrogens is 343 g/mol. The number of hydrogen-bond donors (Lipinski definition) is 2. The highest BCUT2D eigenvalue weighted by molar-refractivity contribution is 8.01. The Balaban J connectivity index is 2.39. The first-order chi connectivity index (χ1) is 11.3. The van der Waals surface area contributed by atoms with E-state index >= 15 is 0 Å². The van der Waals surface area contributed by atoms with E-state index in [-0.39, 0.29) is 11.7 Å². The number of benzene rings is 1. The summed E-state index contributed by atoms with van der Waals surface area (Å²) in [4.78, 5) is 15.2. The number of aliphatic hydroxyl groups is 1. The molecular formula is C18H25FN2O3S. The number of aliphatic imine (C=N–C) groups is 1. The van der Waals surface area contributed by atoms with Crippen molar-refractivity contribution in [2.75, 3.05) is 5.75 Å². The molecule has 0 bridgehead atoms. The van der Waals surface area contributed by atoms with Crippen LogP contribution in [0.3, 0.4) is 0 Å². The maximum atomic E-state index is 14.4. The van der Waals surface area contributed by atoms with E-state index in [4.69, 9.17) is 4.74 Å². The maximum absolute atomic E-state index is 14.4. The van der Waals surface area contributed by atoms with Crippen LogP contribution in [0.2, 0.25) is 0 Å². The van der Waals surface area contributed by atoms with E-state index in [2.05, 4.69) is 10.3 Å². The van der Waals surface area contributed by atoms with Crippen LogP contribution in [-0.4, -0.2) is 33.3 Å². The van der Waals surface area contributed by atoms with E-state index in [1.807, 2.05) is 6.92 Å². The highest BCUT2D eigenvalue weighted by Gasteiger charge is 2.43. The predicted octanol–water partition coefficient (Wildman–Crippen LogP) is 3.73. The van der Waals surface area contributed by atoms with Gasteiger partial charge in [-0.25, -0.2) is 9.18 Å². The third-order valence-corrected chi connectivity index (χ3v) is 5.22. The van der Waals surface area contributed by atoms with E-state index in [0.717, 1.165) is 5.56 Å². The first kappa shape index (κ1) is 19.7. The predicted molar refractivity (Wildman–Crippen MR) is 98.4 cm³/mol. The molecule has 0 aromatic heterocycles. The molecule has 5 nitrogen and oxygen atoms in total. The molecule has 2 rings (SSSR count). The number of carbonyl (C=O) groups excluding carboxylic acids is 1. The van der Waals surface area contributed by atoms with E-state index in [9.17, 15) is 14.3 Å². The molecule has 1 heterocycles. The molecule has 0 spiro atoms. The maximum Gasteiger partial charge on any atom is 0.413 e. The lowest BCUT2D eigenvalue weighted by Gasteiger charge is -2.38. The van der Waals surface area contributed by atoms with Crippen molar-refractivity contribution >= 4 is 23.7 Å². The minimum Gasteiger partial charge on any atom is -0.444 e. The van der Waals surface area contributed by atoms with Gasteiger partial charge in [0.1, 0.15) is 17.3 Å². The van der Waals surface area contributed by atoms with Crippen LogP contribution < -0.4 is 5.32 Å².